The first-order chi connectivity index (χ1) is 18.2. The van der Waals surface area contributed by atoms with Crippen LogP contribution in [0.2, 0.25) is 0 Å². The second kappa shape index (κ2) is 10.2. The van der Waals surface area contributed by atoms with Gasteiger partial charge in [0.2, 0.25) is 0 Å². The minimum Gasteiger partial charge on any atom is -0.333 e. The van der Waals surface area contributed by atoms with Gasteiger partial charge in [0.25, 0.3) is 0 Å². The molecule has 3 atom stereocenters. The smallest absolute Gasteiger partial charge is 0.320 e. The number of aryl methyl sites for hydroxylation is 1. The molecule has 2 aromatic carbocycles. The van der Waals surface area contributed by atoms with Crippen LogP contribution in [0.5, 0.6) is 0 Å². The lowest BCUT2D eigenvalue weighted by atomic mass is 9.99. The number of Topliss-reactive ketones (excluding diaryl/α,β-unsaturated/α-hetero) is 1. The van der Waals surface area contributed by atoms with E-state index >= 15 is 0 Å². The molecule has 3 heterocycles. The van der Waals surface area contributed by atoms with Crippen LogP contribution >= 0.6 is 0 Å². The van der Waals surface area contributed by atoms with E-state index in [1.807, 2.05) is 50.5 Å². The second-order valence-electron chi connectivity index (χ2n) is 9.39. The molecule has 1 aliphatic heterocycles. The van der Waals surface area contributed by atoms with E-state index < -0.39 is 35.8 Å². The van der Waals surface area contributed by atoms with Crippen molar-refractivity contribution in [1.29, 1.82) is 0 Å². The molecule has 0 bridgehead atoms. The Bertz CT molecular complexity index is 1500. The van der Waals surface area contributed by atoms with Crippen molar-refractivity contribution in [3.63, 3.8) is 0 Å². The van der Waals surface area contributed by atoms with E-state index in [0.717, 1.165) is 28.9 Å². The van der Waals surface area contributed by atoms with Crippen LogP contribution in [0.1, 0.15) is 30.5 Å². The molecule has 0 radical (unpaired) electrons. The SMILES string of the molecule is CC(=O)[C@@H]1C[C@@H](NC(=O)Nc2c(C)c(-c3cnn(C)c3)nn2-c2ccccc2)[C@H](c2ccc(F)c(F)c2)N1. The predicted molar refractivity (Wildman–Crippen MR) is 138 cm³/mol. The summed E-state index contributed by atoms with van der Waals surface area (Å²) >= 11 is 0. The molecule has 9 nitrogen and oxygen atoms in total. The van der Waals surface area contributed by atoms with Gasteiger partial charge in [-0.25, -0.2) is 18.3 Å². The monoisotopic (exact) mass is 519 g/mol. The number of urea groups is 1. The van der Waals surface area contributed by atoms with Gasteiger partial charge in [-0.15, -0.1) is 0 Å². The summed E-state index contributed by atoms with van der Waals surface area (Å²) in [5.41, 5.74) is 3.38. The van der Waals surface area contributed by atoms with E-state index in [-0.39, 0.29) is 5.78 Å². The van der Waals surface area contributed by atoms with Crippen molar-refractivity contribution in [1.82, 2.24) is 30.2 Å². The van der Waals surface area contributed by atoms with Gasteiger partial charge in [0.1, 0.15) is 17.3 Å². The number of hydrogen-bond donors (Lipinski definition) is 3. The summed E-state index contributed by atoms with van der Waals surface area (Å²) in [5, 5.41) is 17.9. The summed E-state index contributed by atoms with van der Waals surface area (Å²) < 4.78 is 30.8. The van der Waals surface area contributed by atoms with Crippen molar-refractivity contribution in [2.24, 2.45) is 7.05 Å². The minimum atomic E-state index is -0.996. The van der Waals surface area contributed by atoms with Gasteiger partial charge in [-0.3, -0.25) is 20.1 Å². The molecule has 4 aromatic rings. The van der Waals surface area contributed by atoms with Crippen molar-refractivity contribution in [2.75, 3.05) is 5.32 Å². The van der Waals surface area contributed by atoms with Gasteiger partial charge >= 0.3 is 6.03 Å². The molecule has 0 spiro atoms. The number of nitrogens with one attached hydrogen (secondary N) is 3. The van der Waals surface area contributed by atoms with Crippen molar-refractivity contribution in [3.05, 3.63) is 83.7 Å². The van der Waals surface area contributed by atoms with Crippen molar-refractivity contribution in [3.8, 4) is 16.9 Å². The first kappa shape index (κ1) is 25.3. The number of ketones is 1. The number of anilines is 1. The molecule has 1 aliphatic rings. The molecule has 196 valence electrons. The van der Waals surface area contributed by atoms with Crippen LogP contribution in [0.3, 0.4) is 0 Å². The van der Waals surface area contributed by atoms with Gasteiger partial charge in [-0.2, -0.15) is 10.2 Å². The summed E-state index contributed by atoms with van der Waals surface area (Å²) in [4.78, 5) is 25.4. The highest BCUT2D eigenvalue weighted by molar-refractivity contribution is 5.91. The number of nitrogens with zero attached hydrogens (tertiary/aromatic N) is 4. The third-order valence-corrected chi connectivity index (χ3v) is 6.72. The van der Waals surface area contributed by atoms with Gasteiger partial charge < -0.3 is 5.32 Å². The lowest BCUT2D eigenvalue weighted by Crippen LogP contribution is -2.41. The first-order valence-electron chi connectivity index (χ1n) is 12.1. The molecular formula is C27H27F2N7O2. The Morgan fingerprint density at radius 1 is 1.11 bits per heavy atom. The number of amides is 2. The average molecular weight is 520 g/mol. The fraction of sp³-hybridized carbons (Fsp3) is 0.259. The van der Waals surface area contributed by atoms with Crippen molar-refractivity contribution < 1.29 is 18.4 Å². The minimum absolute atomic E-state index is 0.110. The number of benzene rings is 2. The number of carbonyl (C=O) groups excluding carboxylic acids is 2. The Labute approximate surface area is 217 Å². The van der Waals surface area contributed by atoms with Crippen molar-refractivity contribution in [2.45, 2.75) is 38.4 Å². The third-order valence-electron chi connectivity index (χ3n) is 6.72. The van der Waals surface area contributed by atoms with Crippen LogP contribution in [0, 0.1) is 18.6 Å². The van der Waals surface area contributed by atoms with E-state index in [0.29, 0.717) is 23.5 Å². The molecular weight excluding hydrogens is 492 g/mol. The maximum Gasteiger partial charge on any atom is 0.320 e. The summed E-state index contributed by atoms with van der Waals surface area (Å²) in [7, 11) is 1.81. The van der Waals surface area contributed by atoms with E-state index in [9.17, 15) is 18.4 Å². The van der Waals surface area contributed by atoms with E-state index in [1.54, 1.807) is 15.6 Å². The number of halogens is 2. The average Bonchev–Trinajstić information content (AvgIpc) is 3.59. The standard InChI is InChI=1S/C27H27F2N7O2/c1-15-24(18-13-30-35(3)14-18)34-36(19-7-5-4-6-8-19)26(15)33-27(38)32-23-12-22(16(2)37)31-25(23)17-9-10-20(28)21(29)11-17/h4-11,13-14,22-23,25,31H,12H2,1-3H3,(H2,32,33,38)/t22-,23+,25-/m0/s1. The highest BCUT2D eigenvalue weighted by Crippen LogP contribution is 2.31. The molecule has 11 heteroatoms. The molecule has 0 unspecified atom stereocenters. The van der Waals surface area contributed by atoms with Gasteiger partial charge in [0.15, 0.2) is 11.6 Å². The van der Waals surface area contributed by atoms with Crippen LogP contribution in [-0.4, -0.2) is 43.5 Å². The van der Waals surface area contributed by atoms with Gasteiger partial charge in [0.05, 0.1) is 30.0 Å². The molecule has 0 saturated carbocycles. The van der Waals surface area contributed by atoms with Crippen LogP contribution in [0.4, 0.5) is 19.4 Å². The Balaban J connectivity index is 1.44. The van der Waals surface area contributed by atoms with Gasteiger partial charge in [-0.05, 0) is 50.1 Å². The number of rotatable bonds is 6. The summed E-state index contributed by atoms with van der Waals surface area (Å²) in [6.45, 7) is 3.31. The zero-order chi connectivity index (χ0) is 27.0. The van der Waals surface area contributed by atoms with E-state index in [2.05, 4.69) is 21.0 Å². The topological polar surface area (TPSA) is 106 Å². The van der Waals surface area contributed by atoms with Gasteiger partial charge in [0, 0.05) is 24.4 Å². The quantitative estimate of drug-likeness (QED) is 0.357. The van der Waals surface area contributed by atoms with Crippen LogP contribution in [0.25, 0.3) is 16.9 Å². The maximum absolute atomic E-state index is 14.0. The van der Waals surface area contributed by atoms with Crippen LogP contribution in [-0.2, 0) is 11.8 Å². The molecule has 0 aliphatic carbocycles. The zero-order valence-corrected chi connectivity index (χ0v) is 21.1. The van der Waals surface area contributed by atoms with E-state index in [4.69, 9.17) is 5.10 Å². The lowest BCUT2D eigenvalue weighted by Gasteiger charge is -2.22. The molecule has 5 rings (SSSR count). The van der Waals surface area contributed by atoms with E-state index in [1.165, 1.54) is 13.0 Å². The number of para-hydroxylation sites is 1. The van der Waals surface area contributed by atoms with Crippen LogP contribution < -0.4 is 16.0 Å². The fourth-order valence-electron chi connectivity index (χ4n) is 4.78. The highest BCUT2D eigenvalue weighted by Gasteiger charge is 2.38. The van der Waals surface area contributed by atoms with Gasteiger partial charge in [-0.1, -0.05) is 24.3 Å². The molecule has 38 heavy (non-hydrogen) atoms. The Morgan fingerprint density at radius 2 is 1.87 bits per heavy atom. The second-order valence-corrected chi connectivity index (χ2v) is 9.39. The number of aromatic nitrogens is 4. The molecule has 1 saturated heterocycles. The summed E-state index contributed by atoms with van der Waals surface area (Å²) in [5.74, 6) is -1.61. The highest BCUT2D eigenvalue weighted by atomic mass is 19.2. The normalized spacial score (nSPS) is 18.9. The summed E-state index contributed by atoms with van der Waals surface area (Å²) in [6.07, 6.45) is 3.84. The Hall–Kier alpha value is -4.38. The maximum atomic E-state index is 14.0. The molecule has 1 fully saturated rings. The first-order valence-corrected chi connectivity index (χ1v) is 12.1. The fourth-order valence-corrected chi connectivity index (χ4v) is 4.78. The molecule has 2 amide bonds. The molecule has 3 N–H and O–H groups in total. The third kappa shape index (κ3) is 4.92. The zero-order valence-electron chi connectivity index (χ0n) is 21.1. The largest absolute Gasteiger partial charge is 0.333 e. The lowest BCUT2D eigenvalue weighted by molar-refractivity contribution is -0.118. The van der Waals surface area contributed by atoms with Crippen LogP contribution in [0.15, 0.2) is 60.9 Å². The Kier molecular flexibility index (Phi) is 6.77. The summed E-state index contributed by atoms with van der Waals surface area (Å²) in [6, 6.07) is 10.7. The Morgan fingerprint density at radius 3 is 2.53 bits per heavy atom. The number of hydrogen-bond acceptors (Lipinski definition) is 5. The van der Waals surface area contributed by atoms with Crippen molar-refractivity contribution >= 4 is 17.6 Å². The predicted octanol–water partition coefficient (Wildman–Crippen LogP) is 4.04. The molecule has 2 aromatic heterocycles. The number of carbonyl (C=O) groups is 2.